The minimum Gasteiger partial charge on any atom is -0.458 e. The van der Waals surface area contributed by atoms with E-state index in [2.05, 4.69) is 17.9 Å². The van der Waals surface area contributed by atoms with Crippen LogP contribution in [0.2, 0.25) is 0 Å². The maximum Gasteiger partial charge on any atom is 0.169 e. The lowest BCUT2D eigenvalue weighted by Crippen LogP contribution is -2.28. The van der Waals surface area contributed by atoms with Crippen LogP contribution in [0.25, 0.3) is 22.1 Å². The molecule has 0 saturated carbocycles. The predicted molar refractivity (Wildman–Crippen MR) is 100 cm³/mol. The average Bonchev–Trinajstić information content (AvgIpc) is 3.26. The summed E-state index contributed by atoms with van der Waals surface area (Å²) in [5.41, 5.74) is 2.60. The molecule has 0 aliphatic carbocycles. The Kier molecular flexibility index (Phi) is 4.48. The summed E-state index contributed by atoms with van der Waals surface area (Å²) in [7, 11) is 0. The van der Waals surface area contributed by atoms with E-state index in [4.69, 9.17) is 9.68 Å². The second kappa shape index (κ2) is 6.93. The summed E-state index contributed by atoms with van der Waals surface area (Å²) < 4.78 is 20.3. The Morgan fingerprint density at radius 3 is 2.69 bits per heavy atom. The number of fused-ring (bicyclic) bond motifs is 1. The zero-order chi connectivity index (χ0) is 18.1. The van der Waals surface area contributed by atoms with Crippen LogP contribution in [-0.2, 0) is 6.42 Å². The highest BCUT2D eigenvalue weighted by atomic mass is 19.1. The van der Waals surface area contributed by atoms with Gasteiger partial charge in [0.05, 0.1) is 11.6 Å². The number of rotatable bonds is 4. The van der Waals surface area contributed by atoms with Gasteiger partial charge in [-0.2, -0.15) is 5.26 Å². The number of nitriles is 1. The predicted octanol–water partition coefficient (Wildman–Crippen LogP) is 5.14. The van der Waals surface area contributed by atoms with Gasteiger partial charge in [0.15, 0.2) is 11.4 Å². The second-order valence-electron chi connectivity index (χ2n) is 7.06. The van der Waals surface area contributed by atoms with Gasteiger partial charge < -0.3 is 9.32 Å². The first-order valence-corrected chi connectivity index (χ1v) is 9.10. The van der Waals surface area contributed by atoms with Crippen LogP contribution in [0.5, 0.6) is 0 Å². The summed E-state index contributed by atoms with van der Waals surface area (Å²) in [4.78, 5) is 2.46. The van der Waals surface area contributed by atoms with Crippen molar-refractivity contribution in [2.45, 2.75) is 32.2 Å². The van der Waals surface area contributed by atoms with E-state index in [1.54, 1.807) is 12.1 Å². The fraction of sp³-hybridized carbons (Fsp3) is 0.318. The van der Waals surface area contributed by atoms with Crippen LogP contribution >= 0.6 is 0 Å². The highest BCUT2D eigenvalue weighted by Gasteiger charge is 2.20. The van der Waals surface area contributed by atoms with Crippen molar-refractivity contribution < 1.29 is 8.81 Å². The molecule has 2 heterocycles. The zero-order valence-corrected chi connectivity index (χ0v) is 14.8. The molecule has 0 unspecified atom stereocenters. The molecule has 1 saturated heterocycles. The fourth-order valence-electron chi connectivity index (χ4n) is 3.77. The van der Waals surface area contributed by atoms with Gasteiger partial charge in [-0.25, -0.2) is 4.39 Å². The number of hydrogen-bond donors (Lipinski definition) is 0. The molecule has 1 fully saturated rings. The molecule has 4 heteroatoms. The molecule has 3 nitrogen and oxygen atoms in total. The Hall–Kier alpha value is -2.64. The first kappa shape index (κ1) is 16.8. The fourth-order valence-corrected chi connectivity index (χ4v) is 3.77. The first-order valence-electron chi connectivity index (χ1n) is 9.10. The van der Waals surface area contributed by atoms with Crippen LogP contribution in [0, 0.1) is 17.1 Å². The molecular formula is C22H21FN2O. The van der Waals surface area contributed by atoms with Crippen LogP contribution in [0.4, 0.5) is 4.39 Å². The van der Waals surface area contributed by atoms with Gasteiger partial charge in [-0.1, -0.05) is 12.1 Å². The van der Waals surface area contributed by atoms with Gasteiger partial charge in [-0.05, 0) is 67.8 Å². The van der Waals surface area contributed by atoms with Crippen molar-refractivity contribution in [2.75, 3.05) is 13.1 Å². The minimum atomic E-state index is -0.345. The minimum absolute atomic E-state index is 0.326. The summed E-state index contributed by atoms with van der Waals surface area (Å²) in [6.07, 6.45) is 3.30. The molecule has 0 bridgehead atoms. The molecule has 4 rings (SSSR count). The third-order valence-electron chi connectivity index (χ3n) is 5.31. The number of halogens is 1. The Bertz CT molecular complexity index is 968. The summed E-state index contributed by atoms with van der Waals surface area (Å²) in [5.74, 6) is 0.484. The molecule has 132 valence electrons. The molecule has 0 spiro atoms. The van der Waals surface area contributed by atoms with E-state index in [-0.39, 0.29) is 5.82 Å². The van der Waals surface area contributed by atoms with Crippen LogP contribution in [-0.4, -0.2) is 24.0 Å². The van der Waals surface area contributed by atoms with Gasteiger partial charge in [-0.3, -0.25) is 0 Å². The quantitative estimate of drug-likeness (QED) is 0.655. The van der Waals surface area contributed by atoms with Crippen molar-refractivity contribution in [2.24, 2.45) is 0 Å². The van der Waals surface area contributed by atoms with Gasteiger partial charge in [0, 0.05) is 24.4 Å². The monoisotopic (exact) mass is 348 g/mol. The number of nitrogens with zero attached hydrogens (tertiary/aromatic N) is 2. The lowest BCUT2D eigenvalue weighted by molar-refractivity contribution is 0.266. The highest BCUT2D eigenvalue weighted by molar-refractivity contribution is 5.84. The van der Waals surface area contributed by atoms with E-state index in [1.165, 1.54) is 18.9 Å². The first-order chi connectivity index (χ1) is 12.6. The average molecular weight is 348 g/mol. The van der Waals surface area contributed by atoms with Crippen molar-refractivity contribution in [1.82, 2.24) is 4.90 Å². The van der Waals surface area contributed by atoms with Gasteiger partial charge in [0.1, 0.15) is 5.76 Å². The Morgan fingerprint density at radius 1 is 1.19 bits per heavy atom. The SMILES string of the molecule is C[C@@H]1CCCN1CCc1cc2cc(-c3ccc(C#N)cc3)cc(F)c2o1. The molecular weight excluding hydrogens is 327 g/mol. The number of furan rings is 1. The molecule has 26 heavy (non-hydrogen) atoms. The van der Waals surface area contributed by atoms with E-state index >= 15 is 0 Å². The van der Waals surface area contributed by atoms with Gasteiger partial charge >= 0.3 is 0 Å². The topological polar surface area (TPSA) is 40.2 Å². The number of hydrogen-bond acceptors (Lipinski definition) is 3. The number of likely N-dealkylation sites (tertiary alicyclic amines) is 1. The summed E-state index contributed by atoms with van der Waals surface area (Å²) >= 11 is 0. The highest BCUT2D eigenvalue weighted by Crippen LogP contribution is 2.30. The standard InChI is InChI=1S/C22H21FN2O/c1-15-3-2-9-25(15)10-8-20-12-19-11-18(13-21(23)22(19)26-20)17-6-4-16(14-24)5-7-17/h4-7,11-13,15H,2-3,8-10H2,1H3/t15-/m1/s1. The van der Waals surface area contributed by atoms with Gasteiger partial charge in [0.25, 0.3) is 0 Å². The lowest BCUT2D eigenvalue weighted by Gasteiger charge is -2.19. The van der Waals surface area contributed by atoms with Crippen LogP contribution < -0.4 is 0 Å². The van der Waals surface area contributed by atoms with Crippen molar-refractivity contribution >= 4 is 11.0 Å². The summed E-state index contributed by atoms with van der Waals surface area (Å²) in [6, 6.07) is 15.3. The molecule has 0 radical (unpaired) electrons. The summed E-state index contributed by atoms with van der Waals surface area (Å²) in [6.45, 7) is 4.35. The van der Waals surface area contributed by atoms with Gasteiger partial charge in [-0.15, -0.1) is 0 Å². The molecule has 1 aliphatic rings. The summed E-state index contributed by atoms with van der Waals surface area (Å²) in [5, 5.41) is 9.69. The van der Waals surface area contributed by atoms with Crippen LogP contribution in [0.1, 0.15) is 31.1 Å². The lowest BCUT2D eigenvalue weighted by atomic mass is 10.0. The second-order valence-corrected chi connectivity index (χ2v) is 7.06. The van der Waals surface area contributed by atoms with Crippen LogP contribution in [0.15, 0.2) is 46.9 Å². The van der Waals surface area contributed by atoms with E-state index in [0.29, 0.717) is 17.2 Å². The molecule has 0 amide bonds. The Labute approximate surface area is 152 Å². The third kappa shape index (κ3) is 3.23. The maximum atomic E-state index is 14.5. The van der Waals surface area contributed by atoms with E-state index < -0.39 is 0 Å². The molecule has 1 aliphatic heterocycles. The zero-order valence-electron chi connectivity index (χ0n) is 14.8. The molecule has 1 aromatic heterocycles. The van der Waals surface area contributed by atoms with Crippen molar-refractivity contribution in [3.8, 4) is 17.2 Å². The van der Waals surface area contributed by atoms with E-state index in [0.717, 1.165) is 41.8 Å². The van der Waals surface area contributed by atoms with Crippen molar-refractivity contribution in [3.63, 3.8) is 0 Å². The van der Waals surface area contributed by atoms with Gasteiger partial charge in [0.2, 0.25) is 0 Å². The van der Waals surface area contributed by atoms with Crippen LogP contribution in [0.3, 0.4) is 0 Å². The largest absolute Gasteiger partial charge is 0.458 e. The number of benzene rings is 2. The Morgan fingerprint density at radius 2 is 2.00 bits per heavy atom. The normalized spacial score (nSPS) is 17.7. The Balaban J connectivity index is 1.59. The molecule has 1 atom stereocenters. The van der Waals surface area contributed by atoms with Crippen molar-refractivity contribution in [1.29, 1.82) is 5.26 Å². The molecule has 3 aromatic rings. The maximum absolute atomic E-state index is 14.5. The van der Waals surface area contributed by atoms with Crippen molar-refractivity contribution in [3.05, 3.63) is 59.6 Å². The molecule has 0 N–H and O–H groups in total. The van der Waals surface area contributed by atoms with E-state index in [1.807, 2.05) is 24.3 Å². The third-order valence-corrected chi connectivity index (χ3v) is 5.31. The van der Waals surface area contributed by atoms with E-state index in [9.17, 15) is 4.39 Å². The molecule has 2 aromatic carbocycles. The smallest absolute Gasteiger partial charge is 0.169 e.